The van der Waals surface area contributed by atoms with Crippen molar-refractivity contribution in [3.63, 3.8) is 0 Å². The highest BCUT2D eigenvalue weighted by Gasteiger charge is 2.37. The summed E-state index contributed by atoms with van der Waals surface area (Å²) in [5.41, 5.74) is 0.0829. The van der Waals surface area contributed by atoms with Crippen LogP contribution in [-0.2, 0) is 6.42 Å². The number of benzene rings is 1. The van der Waals surface area contributed by atoms with Crippen molar-refractivity contribution in [2.75, 3.05) is 0 Å². The van der Waals surface area contributed by atoms with Crippen LogP contribution in [0.4, 0.5) is 13.2 Å². The maximum absolute atomic E-state index is 12.2. The molecule has 100 valence electrons. The van der Waals surface area contributed by atoms with E-state index in [1.807, 2.05) is 6.92 Å². The predicted molar refractivity (Wildman–Crippen MR) is 63.8 cm³/mol. The predicted octanol–water partition coefficient (Wildman–Crippen LogP) is 3.91. The van der Waals surface area contributed by atoms with Crippen LogP contribution < -0.4 is 0 Å². The Labute approximate surface area is 110 Å². The van der Waals surface area contributed by atoms with Crippen LogP contribution in [-0.4, -0.2) is 6.18 Å². The molecule has 0 aliphatic rings. The second-order valence-electron chi connectivity index (χ2n) is 4.58. The Kier molecular flexibility index (Phi) is 4.56. The lowest BCUT2D eigenvalue weighted by atomic mass is 9.80. The quantitative estimate of drug-likeness (QED) is 0.829. The lowest BCUT2D eigenvalue weighted by Gasteiger charge is -2.19. The van der Waals surface area contributed by atoms with Gasteiger partial charge in [-0.25, -0.2) is 0 Å². The molecule has 0 radical (unpaired) electrons. The average molecular weight is 266 g/mol. The highest BCUT2D eigenvalue weighted by molar-refractivity contribution is 5.27. The number of rotatable bonds is 4. The van der Waals surface area contributed by atoms with Crippen molar-refractivity contribution in [3.05, 3.63) is 35.4 Å². The van der Waals surface area contributed by atoms with Gasteiger partial charge in [0.05, 0.1) is 12.1 Å². The van der Waals surface area contributed by atoms with E-state index in [1.165, 1.54) is 0 Å². The molecule has 1 aromatic rings. The smallest absolute Gasteiger partial charge is 0.197 e. The van der Waals surface area contributed by atoms with Crippen molar-refractivity contribution in [2.24, 2.45) is 5.41 Å². The van der Waals surface area contributed by atoms with Gasteiger partial charge >= 0.3 is 6.18 Å². The van der Waals surface area contributed by atoms with Crippen molar-refractivity contribution < 1.29 is 13.2 Å². The third kappa shape index (κ3) is 4.63. The first-order valence-corrected chi connectivity index (χ1v) is 5.75. The third-order valence-corrected chi connectivity index (χ3v) is 2.89. The van der Waals surface area contributed by atoms with Crippen molar-refractivity contribution >= 4 is 0 Å². The van der Waals surface area contributed by atoms with Crippen LogP contribution in [0.3, 0.4) is 0 Å². The van der Waals surface area contributed by atoms with Crippen LogP contribution in [0, 0.1) is 35.0 Å². The Bertz CT molecular complexity index is 489. The number of nitriles is 2. The average Bonchev–Trinajstić information content (AvgIpc) is 2.36. The summed E-state index contributed by atoms with van der Waals surface area (Å²) >= 11 is 0. The topological polar surface area (TPSA) is 47.6 Å². The molecule has 0 atom stereocenters. The molecule has 0 aliphatic carbocycles. The second kappa shape index (κ2) is 5.75. The second-order valence-corrected chi connectivity index (χ2v) is 4.58. The molecule has 0 amide bonds. The fourth-order valence-corrected chi connectivity index (χ4v) is 1.71. The molecule has 0 N–H and O–H groups in total. The molecule has 5 heteroatoms. The van der Waals surface area contributed by atoms with Gasteiger partial charge in [0, 0.05) is 12.8 Å². The first-order chi connectivity index (χ1) is 8.80. The van der Waals surface area contributed by atoms with Crippen molar-refractivity contribution in [2.45, 2.75) is 32.4 Å². The van der Waals surface area contributed by atoms with Gasteiger partial charge in [0.1, 0.15) is 5.41 Å². The number of hydrogen-bond donors (Lipinski definition) is 0. The molecule has 0 heterocycles. The van der Waals surface area contributed by atoms with Gasteiger partial charge in [0.2, 0.25) is 0 Å². The summed E-state index contributed by atoms with van der Waals surface area (Å²) in [6.45, 7) is 1.88. The van der Waals surface area contributed by atoms with Crippen molar-refractivity contribution in [1.29, 1.82) is 10.5 Å². The normalized spacial score (nSPS) is 11.7. The lowest BCUT2D eigenvalue weighted by Crippen LogP contribution is -2.23. The van der Waals surface area contributed by atoms with Gasteiger partial charge in [0.25, 0.3) is 0 Å². The fourth-order valence-electron chi connectivity index (χ4n) is 1.71. The molecular formula is C14H13F3N2. The summed E-state index contributed by atoms with van der Waals surface area (Å²) in [6.07, 6.45) is -5.97. The molecule has 0 spiro atoms. The zero-order chi connectivity index (χ0) is 14.5. The van der Waals surface area contributed by atoms with Gasteiger partial charge < -0.3 is 0 Å². The SMILES string of the molecule is Cc1ccc(CC(C#N)(C#N)CCC(F)(F)F)cc1. The van der Waals surface area contributed by atoms with E-state index < -0.39 is 24.4 Å². The van der Waals surface area contributed by atoms with E-state index >= 15 is 0 Å². The molecule has 1 rings (SSSR count). The zero-order valence-electron chi connectivity index (χ0n) is 10.5. The number of aryl methyl sites for hydroxylation is 1. The third-order valence-electron chi connectivity index (χ3n) is 2.89. The van der Waals surface area contributed by atoms with Crippen LogP contribution in [0.2, 0.25) is 0 Å². The minimum atomic E-state index is -4.35. The summed E-state index contributed by atoms with van der Waals surface area (Å²) in [7, 11) is 0. The van der Waals surface area contributed by atoms with E-state index in [0.29, 0.717) is 5.56 Å². The Morgan fingerprint density at radius 1 is 1.00 bits per heavy atom. The van der Waals surface area contributed by atoms with E-state index in [-0.39, 0.29) is 6.42 Å². The van der Waals surface area contributed by atoms with E-state index in [4.69, 9.17) is 10.5 Å². The largest absolute Gasteiger partial charge is 0.389 e. The monoisotopic (exact) mass is 266 g/mol. The Morgan fingerprint density at radius 3 is 1.95 bits per heavy atom. The summed E-state index contributed by atoms with van der Waals surface area (Å²) < 4.78 is 36.7. The van der Waals surface area contributed by atoms with Crippen molar-refractivity contribution in [1.82, 2.24) is 0 Å². The van der Waals surface area contributed by atoms with Gasteiger partial charge in [-0.3, -0.25) is 0 Å². The molecular weight excluding hydrogens is 253 g/mol. The van der Waals surface area contributed by atoms with Gasteiger partial charge in [-0.1, -0.05) is 29.8 Å². The molecule has 0 saturated carbocycles. The molecule has 1 aromatic carbocycles. The highest BCUT2D eigenvalue weighted by Crippen LogP contribution is 2.33. The lowest BCUT2D eigenvalue weighted by molar-refractivity contribution is -0.138. The Morgan fingerprint density at radius 2 is 1.53 bits per heavy atom. The molecule has 0 bridgehead atoms. The summed E-state index contributed by atoms with van der Waals surface area (Å²) in [6, 6.07) is 10.5. The van der Waals surface area contributed by atoms with Crippen LogP contribution >= 0.6 is 0 Å². The maximum atomic E-state index is 12.2. The van der Waals surface area contributed by atoms with Crippen LogP contribution in [0.25, 0.3) is 0 Å². The standard InChI is InChI=1S/C14H13F3N2/c1-11-2-4-12(5-3-11)8-13(9-18,10-19)6-7-14(15,16)17/h2-5H,6-8H2,1H3. The molecule has 2 nitrogen and oxygen atoms in total. The van der Waals surface area contributed by atoms with Crippen molar-refractivity contribution in [3.8, 4) is 12.1 Å². The number of hydrogen-bond acceptors (Lipinski definition) is 2. The molecule has 19 heavy (non-hydrogen) atoms. The molecule has 0 saturated heterocycles. The Hall–Kier alpha value is -2.01. The summed E-state index contributed by atoms with van der Waals surface area (Å²) in [5.74, 6) is 0. The van der Waals surface area contributed by atoms with Crippen LogP contribution in [0.5, 0.6) is 0 Å². The van der Waals surface area contributed by atoms with Gasteiger partial charge in [0.15, 0.2) is 0 Å². The minimum absolute atomic E-state index is 0.0103. The van der Waals surface area contributed by atoms with Crippen LogP contribution in [0.1, 0.15) is 24.0 Å². The summed E-state index contributed by atoms with van der Waals surface area (Å²) in [5, 5.41) is 18.1. The fraction of sp³-hybridized carbons (Fsp3) is 0.429. The molecule has 0 aliphatic heterocycles. The molecule has 0 aromatic heterocycles. The van der Waals surface area contributed by atoms with Gasteiger partial charge in [-0.05, 0) is 18.9 Å². The van der Waals surface area contributed by atoms with E-state index in [0.717, 1.165) is 5.56 Å². The number of halogens is 3. The zero-order valence-corrected chi connectivity index (χ0v) is 10.5. The van der Waals surface area contributed by atoms with E-state index in [9.17, 15) is 13.2 Å². The Balaban J connectivity index is 2.86. The summed E-state index contributed by atoms with van der Waals surface area (Å²) in [4.78, 5) is 0. The number of nitrogens with zero attached hydrogens (tertiary/aromatic N) is 2. The highest BCUT2D eigenvalue weighted by atomic mass is 19.4. The van der Waals surface area contributed by atoms with Gasteiger partial charge in [-0.15, -0.1) is 0 Å². The first kappa shape index (κ1) is 15.0. The number of alkyl halides is 3. The van der Waals surface area contributed by atoms with E-state index in [2.05, 4.69) is 0 Å². The first-order valence-electron chi connectivity index (χ1n) is 5.75. The molecule has 0 unspecified atom stereocenters. The van der Waals surface area contributed by atoms with E-state index in [1.54, 1.807) is 36.4 Å². The maximum Gasteiger partial charge on any atom is 0.389 e. The van der Waals surface area contributed by atoms with Crippen LogP contribution in [0.15, 0.2) is 24.3 Å². The molecule has 0 fully saturated rings. The minimum Gasteiger partial charge on any atom is -0.197 e. The van der Waals surface area contributed by atoms with Gasteiger partial charge in [-0.2, -0.15) is 23.7 Å².